The van der Waals surface area contributed by atoms with Crippen molar-refractivity contribution in [3.8, 4) is 0 Å². The van der Waals surface area contributed by atoms with E-state index < -0.39 is 32.0 Å². The minimum absolute atomic E-state index is 0.245. The van der Waals surface area contributed by atoms with Crippen molar-refractivity contribution in [2.45, 2.75) is 18.9 Å². The van der Waals surface area contributed by atoms with Crippen LogP contribution in [0.15, 0.2) is 30.3 Å². The van der Waals surface area contributed by atoms with Gasteiger partial charge in [0.05, 0.1) is 6.42 Å². The highest BCUT2D eigenvalue weighted by Gasteiger charge is 2.24. The van der Waals surface area contributed by atoms with Crippen molar-refractivity contribution in [3.63, 3.8) is 0 Å². The lowest BCUT2D eigenvalue weighted by Crippen LogP contribution is -2.19. The second-order valence-corrected chi connectivity index (χ2v) is 4.29. The van der Waals surface area contributed by atoms with Crippen LogP contribution in [-0.4, -0.2) is 22.6 Å². The highest BCUT2D eigenvalue weighted by Crippen LogP contribution is 2.18. The van der Waals surface area contributed by atoms with Gasteiger partial charge in [0, 0.05) is 12.0 Å². The van der Waals surface area contributed by atoms with Crippen LogP contribution >= 0.6 is 8.46 Å². The van der Waals surface area contributed by atoms with Gasteiger partial charge in [-0.1, -0.05) is 30.3 Å². The Labute approximate surface area is 110 Å². The number of rotatable bonds is 7. The number of hydrogen-bond donors (Lipinski definition) is 1. The van der Waals surface area contributed by atoms with Gasteiger partial charge in [0.25, 0.3) is 0 Å². The molecule has 100 valence electrons. The van der Waals surface area contributed by atoms with Gasteiger partial charge in [0.15, 0.2) is 0 Å². The maximum atomic E-state index is 11.4. The second kappa shape index (κ2) is 7.38. The fraction of sp³-hybridized carbons (Fsp3) is 0.250. The van der Waals surface area contributed by atoms with Gasteiger partial charge in [0.2, 0.25) is 20.1 Å². The topological polar surface area (TPSA) is 97.7 Å². The zero-order valence-electron chi connectivity index (χ0n) is 9.81. The molecule has 0 unspecified atom stereocenters. The number of carbonyl (C=O) groups is 3. The van der Waals surface area contributed by atoms with Crippen molar-refractivity contribution in [3.05, 3.63) is 35.9 Å². The van der Waals surface area contributed by atoms with Gasteiger partial charge in [-0.25, -0.2) is 4.79 Å². The summed E-state index contributed by atoms with van der Waals surface area (Å²) < 4.78 is 15.0. The zero-order chi connectivity index (χ0) is 14.3. The zero-order valence-corrected chi connectivity index (χ0v) is 10.7. The summed E-state index contributed by atoms with van der Waals surface area (Å²) in [4.78, 5) is 33.2. The molecule has 0 heterocycles. The predicted octanol–water partition coefficient (Wildman–Crippen LogP) is 1.95. The molecule has 1 atom stereocenters. The second-order valence-electron chi connectivity index (χ2n) is 3.60. The van der Waals surface area contributed by atoms with Crippen molar-refractivity contribution in [2.75, 3.05) is 0 Å². The number of ether oxygens (including phenoxy) is 1. The smallest absolute Gasteiger partial charge is 0.349 e. The van der Waals surface area contributed by atoms with Crippen LogP contribution < -0.4 is 0 Å². The molecule has 0 aliphatic rings. The number of carboxylic acid groups (broad SMARTS) is 1. The SMILES string of the molecule is O=PC(=O)CCC(=O)O[C@H](C(=O)O)c1ccccc1. The highest BCUT2D eigenvalue weighted by molar-refractivity contribution is 7.46. The molecule has 0 amide bonds. The van der Waals surface area contributed by atoms with E-state index >= 15 is 0 Å². The van der Waals surface area contributed by atoms with Gasteiger partial charge in [-0.15, -0.1) is 0 Å². The van der Waals surface area contributed by atoms with E-state index in [-0.39, 0.29) is 12.8 Å². The molecule has 0 radical (unpaired) electrons. The summed E-state index contributed by atoms with van der Waals surface area (Å²) in [6, 6.07) is 8.00. The molecule has 1 rings (SSSR count). The van der Waals surface area contributed by atoms with E-state index in [2.05, 4.69) is 0 Å². The molecule has 0 spiro atoms. The fourth-order valence-corrected chi connectivity index (χ4v) is 1.54. The molecule has 0 aliphatic heterocycles. The standard InChI is InChI=1S/C12H11O6P/c13-9(6-7-10(14)19-17)18-11(12(15)16)8-4-2-1-3-5-8/h1-5,11H,6-7H2,(H,15,16)/t11-/m0/s1. The molecule has 0 saturated carbocycles. The molecule has 0 aromatic heterocycles. The molecule has 0 bridgehead atoms. The van der Waals surface area contributed by atoms with E-state index in [1.54, 1.807) is 18.2 Å². The molecule has 1 aromatic carbocycles. The van der Waals surface area contributed by atoms with Gasteiger partial charge in [-0.2, -0.15) is 0 Å². The molecule has 6 nitrogen and oxygen atoms in total. The van der Waals surface area contributed by atoms with Crippen LogP contribution in [0.4, 0.5) is 0 Å². The molecule has 0 aliphatic carbocycles. The molecule has 1 N–H and O–H groups in total. The van der Waals surface area contributed by atoms with Crippen molar-refractivity contribution in [2.24, 2.45) is 0 Å². The number of benzene rings is 1. The van der Waals surface area contributed by atoms with Crippen LogP contribution in [0.25, 0.3) is 0 Å². The van der Waals surface area contributed by atoms with E-state index in [4.69, 9.17) is 9.84 Å². The Morgan fingerprint density at radius 3 is 2.32 bits per heavy atom. The summed E-state index contributed by atoms with van der Waals surface area (Å²) in [5.41, 5.74) is -0.305. The first-order valence-corrected chi connectivity index (χ1v) is 6.19. The third-order valence-electron chi connectivity index (χ3n) is 2.22. The lowest BCUT2D eigenvalue weighted by Gasteiger charge is -2.13. The third-order valence-corrected chi connectivity index (χ3v) is 2.65. The number of carbonyl (C=O) groups excluding carboxylic acids is 2. The molecular weight excluding hydrogens is 271 g/mol. The largest absolute Gasteiger partial charge is 0.478 e. The first-order chi connectivity index (χ1) is 9.04. The first-order valence-electron chi connectivity index (χ1n) is 5.38. The van der Waals surface area contributed by atoms with Crippen molar-refractivity contribution >= 4 is 25.9 Å². The van der Waals surface area contributed by atoms with Gasteiger partial charge in [-0.05, 0) is 0 Å². The Kier molecular flexibility index (Phi) is 5.82. The first kappa shape index (κ1) is 15.0. The summed E-state index contributed by atoms with van der Waals surface area (Å²) in [5, 5.41) is 9.00. The molecule has 1 aromatic rings. The summed E-state index contributed by atoms with van der Waals surface area (Å²) >= 11 is 0. The van der Waals surface area contributed by atoms with E-state index in [1.165, 1.54) is 12.1 Å². The Morgan fingerprint density at radius 1 is 1.16 bits per heavy atom. The normalized spacial score (nSPS) is 11.8. The molecular formula is C12H11O6P. The van der Waals surface area contributed by atoms with E-state index in [1.807, 2.05) is 0 Å². The van der Waals surface area contributed by atoms with E-state index in [0.29, 0.717) is 5.56 Å². The Bertz CT molecular complexity index is 484. The lowest BCUT2D eigenvalue weighted by atomic mass is 10.1. The number of aliphatic carboxylic acids is 1. The minimum atomic E-state index is -1.41. The van der Waals surface area contributed by atoms with Crippen LogP contribution in [0.2, 0.25) is 0 Å². The van der Waals surface area contributed by atoms with Crippen LogP contribution in [0.3, 0.4) is 0 Å². The van der Waals surface area contributed by atoms with Crippen molar-refractivity contribution in [1.82, 2.24) is 0 Å². The Hall–Kier alpha value is -2.07. The minimum Gasteiger partial charge on any atom is -0.478 e. The predicted molar refractivity (Wildman–Crippen MR) is 64.8 cm³/mol. The Morgan fingerprint density at radius 2 is 1.79 bits per heavy atom. The highest BCUT2D eigenvalue weighted by atomic mass is 31.1. The Balaban J connectivity index is 2.65. The summed E-state index contributed by atoms with van der Waals surface area (Å²) in [6.07, 6.45) is -1.95. The summed E-state index contributed by atoms with van der Waals surface area (Å²) in [6.45, 7) is 0. The molecule has 7 heteroatoms. The van der Waals surface area contributed by atoms with Gasteiger partial charge >= 0.3 is 11.9 Å². The summed E-state index contributed by atoms with van der Waals surface area (Å²) in [7, 11) is -0.671. The number of hydrogen-bond acceptors (Lipinski definition) is 5. The van der Waals surface area contributed by atoms with Crippen LogP contribution in [-0.2, 0) is 23.7 Å². The molecule has 19 heavy (non-hydrogen) atoms. The maximum Gasteiger partial charge on any atom is 0.349 e. The van der Waals surface area contributed by atoms with Gasteiger partial charge in [0.1, 0.15) is 0 Å². The third kappa shape index (κ3) is 4.97. The fourth-order valence-electron chi connectivity index (χ4n) is 1.33. The average molecular weight is 282 g/mol. The molecule has 0 fully saturated rings. The van der Waals surface area contributed by atoms with Gasteiger partial charge in [-0.3, -0.25) is 14.2 Å². The average Bonchev–Trinajstić information content (AvgIpc) is 2.42. The van der Waals surface area contributed by atoms with Crippen molar-refractivity contribution < 1.29 is 28.8 Å². The molecule has 0 saturated heterocycles. The van der Waals surface area contributed by atoms with E-state index in [9.17, 15) is 18.9 Å². The van der Waals surface area contributed by atoms with Crippen LogP contribution in [0, 0.1) is 0 Å². The van der Waals surface area contributed by atoms with E-state index in [0.717, 1.165) is 0 Å². The van der Waals surface area contributed by atoms with Gasteiger partial charge < -0.3 is 9.84 Å². The van der Waals surface area contributed by atoms with Crippen LogP contribution in [0.5, 0.6) is 0 Å². The number of esters is 1. The summed E-state index contributed by atoms with van der Waals surface area (Å²) in [5.74, 6) is -2.12. The van der Waals surface area contributed by atoms with Crippen LogP contribution in [0.1, 0.15) is 24.5 Å². The monoisotopic (exact) mass is 282 g/mol. The quantitative estimate of drug-likeness (QED) is 0.606. The maximum absolute atomic E-state index is 11.4. The number of carboxylic acids is 1. The van der Waals surface area contributed by atoms with Crippen molar-refractivity contribution in [1.29, 1.82) is 0 Å². The lowest BCUT2D eigenvalue weighted by molar-refractivity contribution is -0.164.